The molecular formula is C15H21NO5S. The molecule has 0 radical (unpaired) electrons. The van der Waals surface area contributed by atoms with Crippen LogP contribution in [0, 0.1) is 0 Å². The molecule has 22 heavy (non-hydrogen) atoms. The average molecular weight is 327 g/mol. The molecule has 1 saturated heterocycles. The topological polar surface area (TPSA) is 83.9 Å². The first-order chi connectivity index (χ1) is 10.4. The van der Waals surface area contributed by atoms with Crippen molar-refractivity contribution in [2.45, 2.75) is 18.9 Å². The summed E-state index contributed by atoms with van der Waals surface area (Å²) in [7, 11) is -0.928. The summed E-state index contributed by atoms with van der Waals surface area (Å²) in [5.41, 5.74) is 0.200. The Morgan fingerprint density at radius 1 is 1.45 bits per heavy atom. The quantitative estimate of drug-likeness (QED) is 0.759. The average Bonchev–Trinajstić information content (AvgIpc) is 2.84. The molecule has 0 saturated carbocycles. The van der Waals surface area contributed by atoms with E-state index in [1.54, 1.807) is 12.1 Å². The monoisotopic (exact) mass is 327 g/mol. The van der Waals surface area contributed by atoms with Crippen LogP contribution < -0.4 is 4.74 Å². The van der Waals surface area contributed by atoms with Gasteiger partial charge in [-0.25, -0.2) is 13.2 Å². The minimum absolute atomic E-state index is 0.0975. The summed E-state index contributed by atoms with van der Waals surface area (Å²) in [6.45, 7) is 1.21. The highest BCUT2D eigenvalue weighted by Gasteiger charge is 2.30. The molecule has 0 amide bonds. The molecule has 1 atom stereocenters. The van der Waals surface area contributed by atoms with Crippen molar-refractivity contribution in [1.82, 2.24) is 4.90 Å². The Morgan fingerprint density at radius 3 is 2.86 bits per heavy atom. The Morgan fingerprint density at radius 2 is 2.23 bits per heavy atom. The first-order valence-corrected chi connectivity index (χ1v) is 9.06. The van der Waals surface area contributed by atoms with E-state index in [4.69, 9.17) is 9.84 Å². The molecule has 0 aliphatic carbocycles. The van der Waals surface area contributed by atoms with Gasteiger partial charge in [-0.3, -0.25) is 0 Å². The van der Waals surface area contributed by atoms with E-state index in [1.165, 1.54) is 12.1 Å². The maximum Gasteiger partial charge on any atom is 0.335 e. The lowest BCUT2D eigenvalue weighted by Crippen LogP contribution is -2.34. The van der Waals surface area contributed by atoms with E-state index in [0.717, 1.165) is 13.0 Å². The zero-order chi connectivity index (χ0) is 16.2. The molecule has 122 valence electrons. The first-order valence-electron chi connectivity index (χ1n) is 7.24. The highest BCUT2D eigenvalue weighted by molar-refractivity contribution is 7.91. The van der Waals surface area contributed by atoms with Gasteiger partial charge in [0.2, 0.25) is 0 Å². The van der Waals surface area contributed by atoms with Gasteiger partial charge < -0.3 is 14.7 Å². The van der Waals surface area contributed by atoms with Crippen molar-refractivity contribution in [2.75, 3.05) is 31.7 Å². The molecule has 1 unspecified atom stereocenters. The Kier molecular flexibility index (Phi) is 5.42. The molecule has 1 aliphatic heterocycles. The molecule has 7 heteroatoms. The Balaban J connectivity index is 1.73. The van der Waals surface area contributed by atoms with Crippen molar-refractivity contribution in [3.8, 4) is 5.75 Å². The van der Waals surface area contributed by atoms with Crippen LogP contribution in [0.25, 0.3) is 0 Å². The van der Waals surface area contributed by atoms with Gasteiger partial charge in [0.25, 0.3) is 0 Å². The highest BCUT2D eigenvalue weighted by Crippen LogP contribution is 2.17. The smallest absolute Gasteiger partial charge is 0.335 e. The summed E-state index contributed by atoms with van der Waals surface area (Å²) in [4.78, 5) is 12.9. The third-order valence-corrected chi connectivity index (χ3v) is 5.59. The molecule has 0 aromatic heterocycles. The van der Waals surface area contributed by atoms with Crippen LogP contribution in [0.15, 0.2) is 24.3 Å². The zero-order valence-electron chi connectivity index (χ0n) is 12.6. The standard InChI is InChI=1S/C15H21NO5S/c1-16(13-6-9-22(19,20)11-13)7-3-8-21-14-5-2-4-12(10-14)15(17)18/h2,4-5,10,13H,3,6-9,11H2,1H3,(H,17,18). The second-order valence-corrected chi connectivity index (χ2v) is 7.80. The number of aromatic carboxylic acids is 1. The lowest BCUT2D eigenvalue weighted by Gasteiger charge is -2.22. The molecule has 6 nitrogen and oxygen atoms in total. The van der Waals surface area contributed by atoms with E-state index in [2.05, 4.69) is 4.90 Å². The molecule has 0 spiro atoms. The van der Waals surface area contributed by atoms with Gasteiger partial charge in [-0.1, -0.05) is 6.07 Å². The third kappa shape index (κ3) is 4.71. The van der Waals surface area contributed by atoms with Crippen LogP contribution in [-0.4, -0.2) is 62.1 Å². The number of hydrogen-bond acceptors (Lipinski definition) is 5. The molecule has 1 aromatic carbocycles. The van der Waals surface area contributed by atoms with Crippen LogP contribution in [0.1, 0.15) is 23.2 Å². The van der Waals surface area contributed by atoms with Crippen LogP contribution >= 0.6 is 0 Å². The van der Waals surface area contributed by atoms with Crippen molar-refractivity contribution >= 4 is 15.8 Å². The van der Waals surface area contributed by atoms with Gasteiger partial charge in [0.15, 0.2) is 9.84 Å². The number of carboxylic acid groups (broad SMARTS) is 1. The minimum atomic E-state index is -2.86. The van der Waals surface area contributed by atoms with Gasteiger partial charge in [-0.15, -0.1) is 0 Å². The lowest BCUT2D eigenvalue weighted by atomic mass is 10.2. The number of hydrogen-bond donors (Lipinski definition) is 1. The van der Waals surface area contributed by atoms with Crippen molar-refractivity contribution in [2.24, 2.45) is 0 Å². The van der Waals surface area contributed by atoms with Crippen LogP contribution in [-0.2, 0) is 9.84 Å². The van der Waals surface area contributed by atoms with E-state index in [1.807, 2.05) is 7.05 Å². The number of sulfone groups is 1. The summed E-state index contributed by atoms with van der Waals surface area (Å²) in [5.74, 6) is 0.0736. The van der Waals surface area contributed by atoms with Crippen LogP contribution in [0.4, 0.5) is 0 Å². The second-order valence-electron chi connectivity index (χ2n) is 5.57. The zero-order valence-corrected chi connectivity index (χ0v) is 13.4. The van der Waals surface area contributed by atoms with E-state index < -0.39 is 15.8 Å². The van der Waals surface area contributed by atoms with Gasteiger partial charge >= 0.3 is 5.97 Å². The number of carbonyl (C=O) groups is 1. The second kappa shape index (κ2) is 7.11. The van der Waals surface area contributed by atoms with E-state index in [-0.39, 0.29) is 23.1 Å². The molecule has 1 heterocycles. The molecule has 1 fully saturated rings. The molecule has 0 bridgehead atoms. The van der Waals surface area contributed by atoms with Crippen LogP contribution in [0.3, 0.4) is 0 Å². The van der Waals surface area contributed by atoms with Gasteiger partial charge in [0, 0.05) is 12.6 Å². The van der Waals surface area contributed by atoms with Gasteiger partial charge in [-0.05, 0) is 38.1 Å². The van der Waals surface area contributed by atoms with Gasteiger partial charge in [0.1, 0.15) is 5.75 Å². The number of ether oxygens (including phenoxy) is 1. The minimum Gasteiger partial charge on any atom is -0.494 e. The summed E-state index contributed by atoms with van der Waals surface area (Å²) < 4.78 is 28.4. The van der Waals surface area contributed by atoms with Crippen molar-refractivity contribution in [1.29, 1.82) is 0 Å². The Bertz CT molecular complexity index is 629. The maximum atomic E-state index is 11.4. The molecule has 2 rings (SSSR count). The Labute approximate surface area is 130 Å². The fourth-order valence-corrected chi connectivity index (χ4v) is 4.33. The third-order valence-electron chi connectivity index (χ3n) is 3.84. The molecular weight excluding hydrogens is 306 g/mol. The Hall–Kier alpha value is -1.60. The largest absolute Gasteiger partial charge is 0.494 e. The van der Waals surface area contributed by atoms with E-state index >= 15 is 0 Å². The van der Waals surface area contributed by atoms with Gasteiger partial charge in [-0.2, -0.15) is 0 Å². The number of benzene rings is 1. The van der Waals surface area contributed by atoms with Crippen LogP contribution in [0.2, 0.25) is 0 Å². The number of carboxylic acids is 1. The predicted octanol–water partition coefficient (Wildman–Crippen LogP) is 1.27. The maximum absolute atomic E-state index is 11.4. The summed E-state index contributed by atoms with van der Waals surface area (Å²) >= 11 is 0. The fourth-order valence-electron chi connectivity index (χ4n) is 2.53. The normalized spacial score (nSPS) is 20.2. The first kappa shape index (κ1) is 16.8. The van der Waals surface area contributed by atoms with E-state index in [0.29, 0.717) is 18.8 Å². The number of nitrogens with zero attached hydrogens (tertiary/aromatic N) is 1. The molecule has 1 aromatic rings. The summed E-state index contributed by atoms with van der Waals surface area (Å²) in [6, 6.07) is 6.48. The van der Waals surface area contributed by atoms with Gasteiger partial charge in [0.05, 0.1) is 23.7 Å². The fraction of sp³-hybridized carbons (Fsp3) is 0.533. The van der Waals surface area contributed by atoms with Crippen molar-refractivity contribution < 1.29 is 23.1 Å². The lowest BCUT2D eigenvalue weighted by molar-refractivity contribution is 0.0696. The van der Waals surface area contributed by atoms with Crippen molar-refractivity contribution in [3.63, 3.8) is 0 Å². The van der Waals surface area contributed by atoms with Crippen molar-refractivity contribution in [3.05, 3.63) is 29.8 Å². The van der Waals surface area contributed by atoms with Crippen LogP contribution in [0.5, 0.6) is 5.75 Å². The molecule has 1 N–H and O–H groups in total. The number of rotatable bonds is 7. The molecule has 1 aliphatic rings. The SMILES string of the molecule is CN(CCCOc1cccc(C(=O)O)c1)C1CCS(=O)(=O)C1. The highest BCUT2D eigenvalue weighted by atomic mass is 32.2. The summed E-state index contributed by atoms with van der Waals surface area (Å²) in [5, 5.41) is 8.91. The van der Waals surface area contributed by atoms with E-state index in [9.17, 15) is 13.2 Å². The summed E-state index contributed by atoms with van der Waals surface area (Å²) in [6.07, 6.45) is 1.45. The predicted molar refractivity (Wildman–Crippen MR) is 83.2 cm³/mol.